The second-order valence-corrected chi connectivity index (χ2v) is 8.44. The number of hydrogen-bond donors (Lipinski definition) is 6. The van der Waals surface area contributed by atoms with Crippen molar-refractivity contribution in [2.24, 2.45) is 0 Å². The van der Waals surface area contributed by atoms with E-state index in [-0.39, 0.29) is 6.42 Å². The normalized spacial score (nSPS) is 16.6. The van der Waals surface area contributed by atoms with Crippen molar-refractivity contribution >= 4 is 5.97 Å². The van der Waals surface area contributed by atoms with Gasteiger partial charge in [-0.1, -0.05) is 70.4 Å². The van der Waals surface area contributed by atoms with Crippen LogP contribution in [-0.2, 0) is 9.53 Å². The maximum absolute atomic E-state index is 11.7. The minimum atomic E-state index is -2.04. The molecule has 0 heterocycles. The lowest BCUT2D eigenvalue weighted by molar-refractivity contribution is -0.213. The molecule has 8 heteroatoms. The van der Waals surface area contributed by atoms with E-state index in [9.17, 15) is 30.3 Å². The molecule has 0 saturated carbocycles. The van der Waals surface area contributed by atoms with Gasteiger partial charge >= 0.3 is 5.97 Å². The first-order chi connectivity index (χ1) is 15.3. The Bertz CT molecular complexity index is 471. The summed E-state index contributed by atoms with van der Waals surface area (Å²) < 4.78 is 4.66. The summed E-state index contributed by atoms with van der Waals surface area (Å²) in [5.74, 6) is -0.724. The van der Waals surface area contributed by atoms with E-state index in [0.717, 1.165) is 38.5 Å². The van der Waals surface area contributed by atoms with Crippen molar-refractivity contribution in [1.29, 1.82) is 0 Å². The number of carbonyl (C=O) groups excluding carboxylic acids is 1. The van der Waals surface area contributed by atoms with Crippen LogP contribution in [-0.4, -0.2) is 73.9 Å². The topological polar surface area (TPSA) is 148 Å². The van der Waals surface area contributed by atoms with E-state index < -0.39 is 43.3 Å². The highest BCUT2D eigenvalue weighted by molar-refractivity contribution is 5.69. The molecule has 190 valence electrons. The highest BCUT2D eigenvalue weighted by atomic mass is 16.6. The summed E-state index contributed by atoms with van der Waals surface area (Å²) in [6, 6.07) is 0. The van der Waals surface area contributed by atoms with E-state index in [0.29, 0.717) is 6.42 Å². The first-order valence-corrected chi connectivity index (χ1v) is 12.2. The van der Waals surface area contributed by atoms with Crippen LogP contribution in [0.1, 0.15) is 96.8 Å². The van der Waals surface area contributed by atoms with Gasteiger partial charge < -0.3 is 35.4 Å². The number of allylic oxidation sites excluding steroid dienone is 2. The Hall–Kier alpha value is -1.03. The van der Waals surface area contributed by atoms with Gasteiger partial charge in [-0.25, -0.2) is 0 Å². The van der Waals surface area contributed by atoms with Gasteiger partial charge in [0.15, 0.2) is 0 Å². The number of rotatable bonds is 21. The summed E-state index contributed by atoms with van der Waals surface area (Å²) in [7, 11) is 0. The first-order valence-electron chi connectivity index (χ1n) is 12.2. The molecule has 0 saturated heterocycles. The van der Waals surface area contributed by atoms with Gasteiger partial charge in [-0.15, -0.1) is 0 Å². The van der Waals surface area contributed by atoms with E-state index in [1.165, 1.54) is 38.5 Å². The first kappa shape index (κ1) is 31.0. The summed E-state index contributed by atoms with van der Waals surface area (Å²) >= 11 is 0. The van der Waals surface area contributed by atoms with Gasteiger partial charge in [0.05, 0.1) is 6.61 Å². The molecular formula is C24H46O8. The molecule has 0 bridgehead atoms. The second kappa shape index (κ2) is 20.6. The summed E-state index contributed by atoms with van der Waals surface area (Å²) in [5.41, 5.74) is 0. The lowest BCUT2D eigenvalue weighted by Gasteiger charge is -2.28. The SMILES string of the molecule is CCCCCCCC/C=C\CCCCCCCC(=O)OC(O)[C@@H](O)[C@@H](O)[C@H](O)[C@H](O)CO. The molecule has 6 N–H and O–H groups in total. The zero-order chi connectivity index (χ0) is 24.2. The highest BCUT2D eigenvalue weighted by Crippen LogP contribution is 2.13. The molecule has 5 atom stereocenters. The fourth-order valence-corrected chi connectivity index (χ4v) is 3.31. The molecule has 0 fully saturated rings. The number of aliphatic hydroxyl groups excluding tert-OH is 6. The molecule has 1 unspecified atom stereocenters. The van der Waals surface area contributed by atoms with Crippen molar-refractivity contribution in [2.45, 2.75) is 128 Å². The van der Waals surface area contributed by atoms with E-state index in [2.05, 4.69) is 23.8 Å². The predicted octanol–water partition coefficient (Wildman–Crippen LogP) is 2.32. The molecule has 32 heavy (non-hydrogen) atoms. The van der Waals surface area contributed by atoms with Crippen molar-refractivity contribution in [3.8, 4) is 0 Å². The van der Waals surface area contributed by atoms with E-state index in [1.54, 1.807) is 0 Å². The fourth-order valence-electron chi connectivity index (χ4n) is 3.31. The van der Waals surface area contributed by atoms with Gasteiger partial charge in [0, 0.05) is 6.42 Å². The van der Waals surface area contributed by atoms with Gasteiger partial charge in [-0.3, -0.25) is 4.79 Å². The third-order valence-corrected chi connectivity index (χ3v) is 5.47. The number of hydrogen-bond acceptors (Lipinski definition) is 8. The molecule has 0 aromatic carbocycles. The summed E-state index contributed by atoms with van der Waals surface area (Å²) in [6.45, 7) is 1.39. The third-order valence-electron chi connectivity index (χ3n) is 5.47. The van der Waals surface area contributed by atoms with Crippen molar-refractivity contribution in [1.82, 2.24) is 0 Å². The van der Waals surface area contributed by atoms with Crippen LogP contribution in [0.15, 0.2) is 12.2 Å². The van der Waals surface area contributed by atoms with Crippen LogP contribution >= 0.6 is 0 Å². The molecule has 0 rings (SSSR count). The Morgan fingerprint density at radius 3 is 1.75 bits per heavy atom. The van der Waals surface area contributed by atoms with E-state index in [1.807, 2.05) is 0 Å². The summed E-state index contributed by atoms with van der Waals surface area (Å²) in [4.78, 5) is 11.7. The average Bonchev–Trinajstić information content (AvgIpc) is 2.79. The zero-order valence-corrected chi connectivity index (χ0v) is 19.6. The van der Waals surface area contributed by atoms with E-state index >= 15 is 0 Å². The van der Waals surface area contributed by atoms with Crippen LogP contribution in [0.3, 0.4) is 0 Å². The number of esters is 1. The summed E-state index contributed by atoms with van der Waals surface area (Å²) in [5, 5.41) is 56.5. The molecule has 0 aliphatic rings. The van der Waals surface area contributed by atoms with Crippen molar-refractivity contribution in [3.63, 3.8) is 0 Å². The molecule has 8 nitrogen and oxygen atoms in total. The van der Waals surface area contributed by atoms with Crippen LogP contribution in [0.2, 0.25) is 0 Å². The lowest BCUT2D eigenvalue weighted by Crippen LogP contribution is -2.50. The Morgan fingerprint density at radius 1 is 0.719 bits per heavy atom. The fraction of sp³-hybridized carbons (Fsp3) is 0.875. The number of carbonyl (C=O) groups is 1. The molecule has 0 aliphatic carbocycles. The van der Waals surface area contributed by atoms with E-state index in [4.69, 9.17) is 5.11 Å². The summed E-state index contributed by atoms with van der Waals surface area (Å²) in [6.07, 6.45) is 9.72. The quantitative estimate of drug-likeness (QED) is 0.0659. The Kier molecular flexibility index (Phi) is 19.9. The van der Waals surface area contributed by atoms with Crippen LogP contribution in [0, 0.1) is 0 Å². The highest BCUT2D eigenvalue weighted by Gasteiger charge is 2.35. The molecule has 0 aromatic heterocycles. The number of aliphatic hydroxyl groups is 6. The standard InChI is InChI=1S/C24H46O8/c1-2-3-4-5-6-7-8-9-10-11-12-13-14-15-16-17-20(27)32-24(31)23(30)22(29)21(28)19(26)18-25/h9-10,19,21-26,28-31H,2-8,11-18H2,1H3/b10-9-/t19-,21-,22+,23+,24?/m1/s1. The minimum absolute atomic E-state index is 0.0693. The molecular weight excluding hydrogens is 416 g/mol. The number of unbranched alkanes of at least 4 members (excludes halogenated alkanes) is 11. The number of ether oxygens (including phenoxy) is 1. The monoisotopic (exact) mass is 462 g/mol. The van der Waals surface area contributed by atoms with Gasteiger partial charge in [-0.2, -0.15) is 0 Å². The van der Waals surface area contributed by atoms with Gasteiger partial charge in [-0.05, 0) is 32.1 Å². The lowest BCUT2D eigenvalue weighted by atomic mass is 10.0. The Morgan fingerprint density at radius 2 is 1.22 bits per heavy atom. The zero-order valence-electron chi connectivity index (χ0n) is 19.6. The van der Waals surface area contributed by atoms with Crippen molar-refractivity contribution < 1.29 is 40.2 Å². The van der Waals surface area contributed by atoms with Crippen LogP contribution in [0.25, 0.3) is 0 Å². The smallest absolute Gasteiger partial charge is 0.308 e. The second-order valence-electron chi connectivity index (χ2n) is 8.44. The largest absolute Gasteiger partial charge is 0.433 e. The molecule has 0 spiro atoms. The third kappa shape index (κ3) is 15.7. The predicted molar refractivity (Wildman–Crippen MR) is 123 cm³/mol. The maximum atomic E-state index is 11.7. The van der Waals surface area contributed by atoms with Gasteiger partial charge in [0.25, 0.3) is 0 Å². The minimum Gasteiger partial charge on any atom is -0.433 e. The van der Waals surface area contributed by atoms with Crippen molar-refractivity contribution in [3.05, 3.63) is 12.2 Å². The van der Waals surface area contributed by atoms with Gasteiger partial charge in [0.2, 0.25) is 6.29 Å². The van der Waals surface area contributed by atoms with Gasteiger partial charge in [0.1, 0.15) is 24.4 Å². The van der Waals surface area contributed by atoms with Crippen molar-refractivity contribution in [2.75, 3.05) is 6.61 Å². The Labute approximate surface area is 192 Å². The molecule has 0 aliphatic heterocycles. The van der Waals surface area contributed by atoms with Crippen LogP contribution in [0.5, 0.6) is 0 Å². The van der Waals surface area contributed by atoms with Crippen LogP contribution < -0.4 is 0 Å². The molecule has 0 radical (unpaired) electrons. The van der Waals surface area contributed by atoms with Crippen LogP contribution in [0.4, 0.5) is 0 Å². The molecule has 0 amide bonds. The Balaban J connectivity index is 3.70. The average molecular weight is 463 g/mol. The molecule has 0 aromatic rings. The maximum Gasteiger partial charge on any atom is 0.308 e.